The minimum atomic E-state index is -4.54. The van der Waals surface area contributed by atoms with Crippen molar-refractivity contribution in [2.45, 2.75) is 30.5 Å². The lowest BCUT2D eigenvalue weighted by atomic mass is 10.0. The van der Waals surface area contributed by atoms with E-state index in [1.165, 1.54) is 36.8 Å². The molecule has 0 amide bonds. The lowest BCUT2D eigenvalue weighted by Crippen LogP contribution is -2.20. The summed E-state index contributed by atoms with van der Waals surface area (Å²) >= 11 is 1.15. The third-order valence-electron chi connectivity index (χ3n) is 5.60. The number of benzene rings is 2. The molecule has 192 valence electrons. The second-order valence-corrected chi connectivity index (χ2v) is 10.7. The first kappa shape index (κ1) is 25.0. The van der Waals surface area contributed by atoms with Crippen LogP contribution in [0.2, 0.25) is 0 Å². The van der Waals surface area contributed by atoms with Crippen molar-refractivity contribution in [2.24, 2.45) is 0 Å². The Morgan fingerprint density at radius 1 is 1.11 bits per heavy atom. The molecule has 1 aliphatic heterocycles. The minimum absolute atomic E-state index is 0.0193. The van der Waals surface area contributed by atoms with Gasteiger partial charge in [0.25, 0.3) is 10.0 Å². The summed E-state index contributed by atoms with van der Waals surface area (Å²) in [6.07, 6.45) is -0.363. The zero-order chi connectivity index (χ0) is 26.2. The standard InChI is InChI=1S/C24H19F3N4O4S2/c1-14-29-12-15(13-30-14)19-10-16(24(25,26)27)2-5-20(19)35-21-6-8-34-22-11-17(3-4-18(21)22)37(32,33)31-23-28-7-9-36-23/h2-5,7,9-13,21H,6,8H2,1H3,(H,28,31). The Morgan fingerprint density at radius 3 is 2.59 bits per heavy atom. The number of rotatable bonds is 6. The molecule has 0 saturated heterocycles. The van der Waals surface area contributed by atoms with E-state index in [-0.39, 0.29) is 27.9 Å². The number of aromatic nitrogens is 3. The van der Waals surface area contributed by atoms with Crippen molar-refractivity contribution in [3.8, 4) is 22.6 Å². The fourth-order valence-electron chi connectivity index (χ4n) is 3.79. The van der Waals surface area contributed by atoms with Gasteiger partial charge in [-0.1, -0.05) is 6.07 Å². The van der Waals surface area contributed by atoms with Gasteiger partial charge in [0, 0.05) is 53.1 Å². The first-order valence-electron chi connectivity index (χ1n) is 11.0. The first-order valence-corrected chi connectivity index (χ1v) is 13.3. The normalized spacial score (nSPS) is 15.5. The highest BCUT2D eigenvalue weighted by atomic mass is 32.2. The van der Waals surface area contributed by atoms with Crippen LogP contribution >= 0.6 is 11.3 Å². The second-order valence-electron chi connectivity index (χ2n) is 8.11. The number of sulfonamides is 1. The molecule has 8 nitrogen and oxygen atoms in total. The van der Waals surface area contributed by atoms with Crippen LogP contribution in [0.4, 0.5) is 18.3 Å². The largest absolute Gasteiger partial charge is 0.493 e. The Balaban J connectivity index is 1.47. The van der Waals surface area contributed by atoms with E-state index in [1.807, 2.05) is 0 Å². The van der Waals surface area contributed by atoms with Gasteiger partial charge in [0.15, 0.2) is 5.13 Å². The van der Waals surface area contributed by atoms with Crippen LogP contribution in [0.5, 0.6) is 11.5 Å². The fraction of sp³-hybridized carbons (Fsp3) is 0.208. The van der Waals surface area contributed by atoms with Gasteiger partial charge in [0.2, 0.25) is 0 Å². The molecule has 0 fully saturated rings. The Kier molecular flexibility index (Phi) is 6.50. The van der Waals surface area contributed by atoms with Gasteiger partial charge in [-0.25, -0.2) is 23.4 Å². The van der Waals surface area contributed by atoms with Crippen LogP contribution in [0.3, 0.4) is 0 Å². The van der Waals surface area contributed by atoms with E-state index in [2.05, 4.69) is 19.7 Å². The molecule has 37 heavy (non-hydrogen) atoms. The molecular formula is C24H19F3N4O4S2. The van der Waals surface area contributed by atoms with Crippen molar-refractivity contribution >= 4 is 26.5 Å². The maximum atomic E-state index is 13.4. The monoisotopic (exact) mass is 548 g/mol. The summed E-state index contributed by atoms with van der Waals surface area (Å²) < 4.78 is 80.2. The number of aryl methyl sites for hydroxylation is 1. The topological polar surface area (TPSA) is 103 Å². The second kappa shape index (κ2) is 9.63. The highest BCUT2D eigenvalue weighted by molar-refractivity contribution is 7.93. The van der Waals surface area contributed by atoms with Gasteiger partial charge in [-0.3, -0.25) is 4.72 Å². The lowest BCUT2D eigenvalue weighted by Gasteiger charge is -2.28. The van der Waals surface area contributed by atoms with Gasteiger partial charge in [0.1, 0.15) is 23.4 Å². The lowest BCUT2D eigenvalue weighted by molar-refractivity contribution is -0.137. The summed E-state index contributed by atoms with van der Waals surface area (Å²) in [4.78, 5) is 12.1. The molecule has 2 aromatic heterocycles. The van der Waals surface area contributed by atoms with Crippen LogP contribution in [0.1, 0.15) is 29.5 Å². The quantitative estimate of drug-likeness (QED) is 0.333. The van der Waals surface area contributed by atoms with Gasteiger partial charge in [-0.05, 0) is 31.2 Å². The molecule has 1 unspecified atom stereocenters. The van der Waals surface area contributed by atoms with Crippen molar-refractivity contribution in [1.29, 1.82) is 0 Å². The molecule has 1 N–H and O–H groups in total. The number of halogens is 3. The molecule has 5 rings (SSSR count). The predicted molar refractivity (Wildman–Crippen MR) is 130 cm³/mol. The van der Waals surface area contributed by atoms with Gasteiger partial charge in [-0.2, -0.15) is 13.2 Å². The van der Waals surface area contributed by atoms with Crippen LogP contribution in [0.25, 0.3) is 11.1 Å². The van der Waals surface area contributed by atoms with Crippen molar-refractivity contribution in [1.82, 2.24) is 15.0 Å². The van der Waals surface area contributed by atoms with Crippen LogP contribution in [-0.2, 0) is 16.2 Å². The maximum Gasteiger partial charge on any atom is 0.416 e. The SMILES string of the molecule is Cc1ncc(-c2cc(C(F)(F)F)ccc2OC2CCOc3cc(S(=O)(=O)Nc4nccs4)ccc32)cn1. The highest BCUT2D eigenvalue weighted by Gasteiger charge is 2.32. The maximum absolute atomic E-state index is 13.4. The Labute approximate surface area is 214 Å². The van der Waals surface area contributed by atoms with Gasteiger partial charge < -0.3 is 9.47 Å². The van der Waals surface area contributed by atoms with E-state index >= 15 is 0 Å². The number of thiazole rings is 1. The number of fused-ring (bicyclic) bond motifs is 1. The summed E-state index contributed by atoms with van der Waals surface area (Å²) in [5.74, 6) is 0.998. The number of nitrogens with zero attached hydrogens (tertiary/aromatic N) is 3. The molecule has 1 aliphatic rings. The van der Waals surface area contributed by atoms with E-state index in [9.17, 15) is 21.6 Å². The van der Waals surface area contributed by atoms with Crippen LogP contribution in [0, 0.1) is 6.92 Å². The van der Waals surface area contributed by atoms with E-state index in [0.717, 1.165) is 23.5 Å². The van der Waals surface area contributed by atoms with E-state index in [0.29, 0.717) is 29.1 Å². The smallest absolute Gasteiger partial charge is 0.416 e. The molecule has 0 radical (unpaired) electrons. The third kappa shape index (κ3) is 5.37. The zero-order valence-electron chi connectivity index (χ0n) is 19.2. The zero-order valence-corrected chi connectivity index (χ0v) is 20.8. The minimum Gasteiger partial charge on any atom is -0.493 e. The molecule has 13 heteroatoms. The van der Waals surface area contributed by atoms with Gasteiger partial charge in [-0.15, -0.1) is 11.3 Å². The average molecular weight is 549 g/mol. The molecular weight excluding hydrogens is 529 g/mol. The first-order chi connectivity index (χ1) is 17.6. The predicted octanol–water partition coefficient (Wildman–Crippen LogP) is 5.63. The van der Waals surface area contributed by atoms with Gasteiger partial charge >= 0.3 is 6.18 Å². The van der Waals surface area contributed by atoms with Crippen molar-refractivity contribution in [3.63, 3.8) is 0 Å². The number of hydrogen-bond acceptors (Lipinski definition) is 8. The van der Waals surface area contributed by atoms with Crippen LogP contribution < -0.4 is 14.2 Å². The summed E-state index contributed by atoms with van der Waals surface area (Å²) in [5.41, 5.74) is 0.305. The van der Waals surface area contributed by atoms with Crippen LogP contribution in [-0.4, -0.2) is 30.0 Å². The molecule has 0 saturated carbocycles. The summed E-state index contributed by atoms with van der Waals surface area (Å²) in [7, 11) is -3.90. The molecule has 4 aromatic rings. The fourth-order valence-corrected chi connectivity index (χ4v) is 5.60. The van der Waals surface area contributed by atoms with Crippen LogP contribution in [0.15, 0.2) is 65.3 Å². The Morgan fingerprint density at radius 2 is 1.89 bits per heavy atom. The Bertz CT molecular complexity index is 1530. The number of hydrogen-bond donors (Lipinski definition) is 1. The van der Waals surface area contributed by atoms with Crippen molar-refractivity contribution in [2.75, 3.05) is 11.3 Å². The van der Waals surface area contributed by atoms with Gasteiger partial charge in [0.05, 0.1) is 17.1 Å². The van der Waals surface area contributed by atoms with E-state index in [1.54, 1.807) is 18.4 Å². The highest BCUT2D eigenvalue weighted by Crippen LogP contribution is 2.42. The summed E-state index contributed by atoms with van der Waals surface area (Å²) in [5, 5.41) is 1.88. The van der Waals surface area contributed by atoms with Crippen molar-refractivity contribution in [3.05, 3.63) is 77.3 Å². The third-order valence-corrected chi connectivity index (χ3v) is 7.76. The number of ether oxygens (including phenoxy) is 2. The number of alkyl halides is 3. The molecule has 1 atom stereocenters. The molecule has 3 heterocycles. The number of nitrogens with one attached hydrogen (secondary N) is 1. The molecule has 0 bridgehead atoms. The van der Waals surface area contributed by atoms with Crippen molar-refractivity contribution < 1.29 is 31.1 Å². The summed E-state index contributed by atoms with van der Waals surface area (Å²) in [6, 6.07) is 7.61. The average Bonchev–Trinajstić information content (AvgIpc) is 3.36. The Hall–Kier alpha value is -3.71. The van der Waals surface area contributed by atoms with E-state index < -0.39 is 27.9 Å². The molecule has 0 spiro atoms. The molecule has 0 aliphatic carbocycles. The van der Waals surface area contributed by atoms with E-state index in [4.69, 9.17) is 9.47 Å². The number of anilines is 1. The summed E-state index contributed by atoms with van der Waals surface area (Å²) in [6.45, 7) is 1.90. The molecule has 2 aromatic carbocycles.